The SMILES string of the molecule is Cc1cccc(CN2C(=O)C(C(C)C)NC(=O)C2C)n1. The summed E-state index contributed by atoms with van der Waals surface area (Å²) >= 11 is 0. The summed E-state index contributed by atoms with van der Waals surface area (Å²) in [4.78, 5) is 30.5. The highest BCUT2D eigenvalue weighted by Gasteiger charge is 2.39. The number of piperazine rings is 1. The number of nitrogens with one attached hydrogen (secondary N) is 1. The second-order valence-corrected chi connectivity index (χ2v) is 5.64. The zero-order valence-corrected chi connectivity index (χ0v) is 12.4. The molecule has 108 valence electrons. The lowest BCUT2D eigenvalue weighted by molar-refractivity contribution is -0.150. The molecule has 20 heavy (non-hydrogen) atoms. The third-order valence-corrected chi connectivity index (χ3v) is 3.64. The Bertz CT molecular complexity index is 528. The normalized spacial score (nSPS) is 23.1. The summed E-state index contributed by atoms with van der Waals surface area (Å²) in [5, 5.41) is 2.79. The molecule has 1 aromatic heterocycles. The monoisotopic (exact) mass is 275 g/mol. The van der Waals surface area contributed by atoms with E-state index in [2.05, 4.69) is 10.3 Å². The largest absolute Gasteiger partial charge is 0.342 e. The van der Waals surface area contributed by atoms with Crippen molar-refractivity contribution in [3.8, 4) is 0 Å². The zero-order valence-electron chi connectivity index (χ0n) is 12.4. The van der Waals surface area contributed by atoms with Crippen molar-refractivity contribution in [2.24, 2.45) is 5.92 Å². The van der Waals surface area contributed by atoms with Crippen LogP contribution in [-0.4, -0.2) is 33.8 Å². The fourth-order valence-corrected chi connectivity index (χ4v) is 2.38. The van der Waals surface area contributed by atoms with Crippen molar-refractivity contribution in [2.75, 3.05) is 0 Å². The fourth-order valence-electron chi connectivity index (χ4n) is 2.38. The Kier molecular flexibility index (Phi) is 4.06. The Morgan fingerprint density at radius 2 is 2.05 bits per heavy atom. The van der Waals surface area contributed by atoms with Crippen LogP contribution in [0.1, 0.15) is 32.2 Å². The second-order valence-electron chi connectivity index (χ2n) is 5.64. The Morgan fingerprint density at radius 1 is 1.35 bits per heavy atom. The van der Waals surface area contributed by atoms with E-state index >= 15 is 0 Å². The number of hydrogen-bond acceptors (Lipinski definition) is 3. The lowest BCUT2D eigenvalue weighted by atomic mass is 9.98. The summed E-state index contributed by atoms with van der Waals surface area (Å²) < 4.78 is 0. The summed E-state index contributed by atoms with van der Waals surface area (Å²) in [7, 11) is 0. The van der Waals surface area contributed by atoms with Gasteiger partial charge in [-0.15, -0.1) is 0 Å². The number of hydrogen-bond donors (Lipinski definition) is 1. The Hall–Kier alpha value is -1.91. The fraction of sp³-hybridized carbons (Fsp3) is 0.533. The highest BCUT2D eigenvalue weighted by Crippen LogP contribution is 2.17. The molecule has 0 radical (unpaired) electrons. The molecule has 2 unspecified atom stereocenters. The summed E-state index contributed by atoms with van der Waals surface area (Å²) in [6.07, 6.45) is 0. The van der Waals surface area contributed by atoms with Gasteiger partial charge < -0.3 is 10.2 Å². The molecule has 1 aliphatic rings. The van der Waals surface area contributed by atoms with Crippen LogP contribution in [0, 0.1) is 12.8 Å². The summed E-state index contributed by atoms with van der Waals surface area (Å²) in [5.41, 5.74) is 1.71. The van der Waals surface area contributed by atoms with Gasteiger partial charge in [-0.3, -0.25) is 14.6 Å². The van der Waals surface area contributed by atoms with Crippen LogP contribution in [0.25, 0.3) is 0 Å². The number of rotatable bonds is 3. The van der Waals surface area contributed by atoms with Crippen molar-refractivity contribution in [2.45, 2.75) is 46.3 Å². The Balaban J connectivity index is 2.23. The minimum absolute atomic E-state index is 0.0320. The number of pyridine rings is 1. The van der Waals surface area contributed by atoms with Gasteiger partial charge >= 0.3 is 0 Å². The zero-order chi connectivity index (χ0) is 14.9. The van der Waals surface area contributed by atoms with E-state index in [-0.39, 0.29) is 17.7 Å². The van der Waals surface area contributed by atoms with Gasteiger partial charge in [-0.25, -0.2) is 0 Å². The number of nitrogens with zero attached hydrogens (tertiary/aromatic N) is 2. The molecule has 1 aromatic rings. The van der Waals surface area contributed by atoms with Crippen LogP contribution in [-0.2, 0) is 16.1 Å². The number of aryl methyl sites for hydroxylation is 1. The topological polar surface area (TPSA) is 62.3 Å². The van der Waals surface area contributed by atoms with Gasteiger partial charge in [-0.2, -0.15) is 0 Å². The second kappa shape index (κ2) is 5.61. The summed E-state index contributed by atoms with van der Waals surface area (Å²) in [5.74, 6) is -0.0572. The van der Waals surface area contributed by atoms with Gasteiger partial charge in [0.2, 0.25) is 11.8 Å². The first-order chi connectivity index (χ1) is 9.40. The van der Waals surface area contributed by atoms with Crippen molar-refractivity contribution in [3.63, 3.8) is 0 Å². The maximum Gasteiger partial charge on any atom is 0.246 e. The molecule has 5 heteroatoms. The molecule has 0 saturated carbocycles. The molecule has 0 aromatic carbocycles. The highest BCUT2D eigenvalue weighted by atomic mass is 16.2. The molecule has 2 amide bonds. The quantitative estimate of drug-likeness (QED) is 0.903. The van der Waals surface area contributed by atoms with Crippen LogP contribution in [0.15, 0.2) is 18.2 Å². The van der Waals surface area contributed by atoms with Gasteiger partial charge in [-0.1, -0.05) is 19.9 Å². The van der Waals surface area contributed by atoms with E-state index in [0.717, 1.165) is 11.4 Å². The summed E-state index contributed by atoms with van der Waals surface area (Å²) in [6, 6.07) is 4.80. The minimum atomic E-state index is -0.459. The molecule has 5 nitrogen and oxygen atoms in total. The van der Waals surface area contributed by atoms with Crippen molar-refractivity contribution in [1.82, 2.24) is 15.2 Å². The number of aromatic nitrogens is 1. The minimum Gasteiger partial charge on any atom is -0.342 e. The molecule has 2 rings (SSSR count). The molecule has 0 aliphatic carbocycles. The van der Waals surface area contributed by atoms with Crippen LogP contribution in [0.4, 0.5) is 0 Å². The van der Waals surface area contributed by atoms with Crippen LogP contribution < -0.4 is 5.32 Å². The molecule has 1 fully saturated rings. The van der Waals surface area contributed by atoms with Gasteiger partial charge in [-0.05, 0) is 31.9 Å². The van der Waals surface area contributed by atoms with E-state index in [1.54, 1.807) is 11.8 Å². The van der Waals surface area contributed by atoms with Crippen LogP contribution in [0.3, 0.4) is 0 Å². The average molecular weight is 275 g/mol. The van der Waals surface area contributed by atoms with E-state index in [9.17, 15) is 9.59 Å². The van der Waals surface area contributed by atoms with Gasteiger partial charge in [0.1, 0.15) is 12.1 Å². The lowest BCUT2D eigenvalue weighted by Crippen LogP contribution is -2.63. The van der Waals surface area contributed by atoms with Gasteiger partial charge in [0.05, 0.1) is 12.2 Å². The first kappa shape index (κ1) is 14.5. The summed E-state index contributed by atoms with van der Waals surface area (Å²) in [6.45, 7) is 7.90. The molecular weight excluding hydrogens is 254 g/mol. The molecule has 0 spiro atoms. The standard InChI is InChI=1S/C15H21N3O2/c1-9(2)13-15(20)18(11(4)14(19)17-13)8-12-7-5-6-10(3)16-12/h5-7,9,11,13H,8H2,1-4H3,(H,17,19). The predicted octanol–water partition coefficient (Wildman–Crippen LogP) is 1.26. The van der Waals surface area contributed by atoms with Crippen molar-refractivity contribution >= 4 is 11.8 Å². The first-order valence-electron chi connectivity index (χ1n) is 6.93. The number of carbonyl (C=O) groups excluding carboxylic acids is 2. The first-order valence-corrected chi connectivity index (χ1v) is 6.93. The molecule has 1 aliphatic heterocycles. The highest BCUT2D eigenvalue weighted by molar-refractivity contribution is 5.96. The Labute approximate surface area is 119 Å². The van der Waals surface area contributed by atoms with E-state index in [1.165, 1.54) is 0 Å². The molecule has 2 heterocycles. The molecular formula is C15H21N3O2. The maximum absolute atomic E-state index is 12.5. The van der Waals surface area contributed by atoms with Crippen LogP contribution >= 0.6 is 0 Å². The number of amides is 2. The predicted molar refractivity (Wildman–Crippen MR) is 75.8 cm³/mol. The third kappa shape index (κ3) is 2.81. The van der Waals surface area contributed by atoms with Crippen LogP contribution in [0.2, 0.25) is 0 Å². The van der Waals surface area contributed by atoms with E-state index < -0.39 is 12.1 Å². The van der Waals surface area contributed by atoms with Crippen LogP contribution in [0.5, 0.6) is 0 Å². The van der Waals surface area contributed by atoms with Crippen molar-refractivity contribution < 1.29 is 9.59 Å². The van der Waals surface area contributed by atoms with Crippen molar-refractivity contribution in [1.29, 1.82) is 0 Å². The van der Waals surface area contributed by atoms with E-state index in [1.807, 2.05) is 39.0 Å². The molecule has 1 N–H and O–H groups in total. The lowest BCUT2D eigenvalue weighted by Gasteiger charge is -2.38. The van der Waals surface area contributed by atoms with E-state index in [0.29, 0.717) is 6.54 Å². The average Bonchev–Trinajstić information content (AvgIpc) is 2.38. The molecule has 0 bridgehead atoms. The van der Waals surface area contributed by atoms with Crippen molar-refractivity contribution in [3.05, 3.63) is 29.6 Å². The Morgan fingerprint density at radius 3 is 2.65 bits per heavy atom. The van der Waals surface area contributed by atoms with Gasteiger partial charge in [0, 0.05) is 5.69 Å². The third-order valence-electron chi connectivity index (χ3n) is 3.64. The van der Waals surface area contributed by atoms with Gasteiger partial charge in [0.25, 0.3) is 0 Å². The molecule has 1 saturated heterocycles. The maximum atomic E-state index is 12.5. The van der Waals surface area contributed by atoms with E-state index in [4.69, 9.17) is 0 Å². The smallest absolute Gasteiger partial charge is 0.246 e. The number of carbonyl (C=O) groups is 2. The van der Waals surface area contributed by atoms with Gasteiger partial charge in [0.15, 0.2) is 0 Å². The molecule has 2 atom stereocenters.